The second-order valence-electron chi connectivity index (χ2n) is 4.99. The summed E-state index contributed by atoms with van der Waals surface area (Å²) in [7, 11) is 0. The first-order valence-electron chi connectivity index (χ1n) is 6.86. The topological polar surface area (TPSA) is 69.8 Å². The number of aromatic nitrogens is 2. The molecular weight excluding hydrogens is 300 g/mol. The fraction of sp³-hybridized carbons (Fsp3) is 0.125. The van der Waals surface area contributed by atoms with E-state index in [0.29, 0.717) is 17.3 Å². The molecular formula is C16H15ClN4O. The molecule has 3 aromatic rings. The van der Waals surface area contributed by atoms with E-state index in [4.69, 9.17) is 11.6 Å². The summed E-state index contributed by atoms with van der Waals surface area (Å²) in [4.78, 5) is 19.4. The van der Waals surface area contributed by atoms with Crippen molar-refractivity contribution in [1.82, 2.24) is 15.3 Å². The van der Waals surface area contributed by atoms with Crippen LogP contribution < -0.4 is 10.6 Å². The molecule has 0 aliphatic heterocycles. The standard InChI is InChI=1S/C16H15ClN4O/c1-10-19-14-7-2-11(8-15(14)20-10)9-18-16(22)21-13-5-3-12(17)4-6-13/h2-8H,9H2,1H3,(H,19,20)(H2,18,21,22). The van der Waals surface area contributed by atoms with Crippen molar-refractivity contribution in [2.24, 2.45) is 0 Å². The van der Waals surface area contributed by atoms with E-state index in [2.05, 4.69) is 20.6 Å². The minimum atomic E-state index is -0.261. The maximum absolute atomic E-state index is 11.9. The number of urea groups is 1. The number of fused-ring (bicyclic) bond motifs is 1. The molecule has 0 saturated heterocycles. The van der Waals surface area contributed by atoms with Crippen molar-refractivity contribution in [1.29, 1.82) is 0 Å². The number of halogens is 1. The van der Waals surface area contributed by atoms with Crippen LogP contribution in [0.5, 0.6) is 0 Å². The molecule has 0 saturated carbocycles. The molecule has 0 bridgehead atoms. The van der Waals surface area contributed by atoms with Gasteiger partial charge in [0.25, 0.3) is 0 Å². The van der Waals surface area contributed by atoms with Gasteiger partial charge >= 0.3 is 6.03 Å². The monoisotopic (exact) mass is 314 g/mol. The molecule has 0 aliphatic carbocycles. The van der Waals surface area contributed by atoms with E-state index in [0.717, 1.165) is 22.4 Å². The van der Waals surface area contributed by atoms with E-state index in [1.54, 1.807) is 24.3 Å². The molecule has 3 rings (SSSR count). The Kier molecular flexibility index (Phi) is 3.98. The first-order valence-corrected chi connectivity index (χ1v) is 7.23. The van der Waals surface area contributed by atoms with Crippen LogP contribution in [0.2, 0.25) is 5.02 Å². The SMILES string of the molecule is Cc1nc2ccc(CNC(=O)Nc3ccc(Cl)cc3)cc2[nH]1. The molecule has 0 fully saturated rings. The van der Waals surface area contributed by atoms with Gasteiger partial charge in [0.1, 0.15) is 5.82 Å². The van der Waals surface area contributed by atoms with Gasteiger partial charge in [0.05, 0.1) is 11.0 Å². The Balaban J connectivity index is 1.60. The number of aromatic amines is 1. The van der Waals surface area contributed by atoms with Crippen molar-refractivity contribution in [3.8, 4) is 0 Å². The molecule has 2 aromatic carbocycles. The molecule has 0 aliphatic rings. The average Bonchev–Trinajstić information content (AvgIpc) is 2.87. The summed E-state index contributed by atoms with van der Waals surface area (Å²) in [6, 6.07) is 12.6. The van der Waals surface area contributed by atoms with Gasteiger partial charge in [-0.25, -0.2) is 9.78 Å². The number of hydrogen-bond acceptors (Lipinski definition) is 2. The van der Waals surface area contributed by atoms with Gasteiger partial charge in [-0.05, 0) is 48.9 Å². The Morgan fingerprint density at radius 3 is 2.77 bits per heavy atom. The van der Waals surface area contributed by atoms with Gasteiger partial charge < -0.3 is 15.6 Å². The molecule has 0 radical (unpaired) electrons. The van der Waals surface area contributed by atoms with Crippen molar-refractivity contribution in [3.63, 3.8) is 0 Å². The summed E-state index contributed by atoms with van der Waals surface area (Å²) in [5.41, 5.74) is 3.59. The van der Waals surface area contributed by atoms with Gasteiger partial charge in [-0.1, -0.05) is 17.7 Å². The zero-order chi connectivity index (χ0) is 15.5. The van der Waals surface area contributed by atoms with Crippen LogP contribution in [-0.4, -0.2) is 16.0 Å². The fourth-order valence-electron chi connectivity index (χ4n) is 2.19. The molecule has 6 heteroatoms. The summed E-state index contributed by atoms with van der Waals surface area (Å²) in [6.45, 7) is 2.35. The van der Waals surface area contributed by atoms with Crippen LogP contribution >= 0.6 is 11.6 Å². The van der Waals surface area contributed by atoms with Crippen molar-refractivity contribution in [3.05, 3.63) is 58.9 Å². The van der Waals surface area contributed by atoms with Crippen LogP contribution in [0.3, 0.4) is 0 Å². The fourth-order valence-corrected chi connectivity index (χ4v) is 2.31. The molecule has 0 unspecified atom stereocenters. The van der Waals surface area contributed by atoms with Crippen LogP contribution in [0.1, 0.15) is 11.4 Å². The van der Waals surface area contributed by atoms with Crippen molar-refractivity contribution >= 4 is 34.4 Å². The number of hydrogen-bond donors (Lipinski definition) is 3. The Bertz CT molecular complexity index is 811. The second kappa shape index (κ2) is 6.07. The Morgan fingerprint density at radius 1 is 1.23 bits per heavy atom. The highest BCUT2D eigenvalue weighted by atomic mass is 35.5. The lowest BCUT2D eigenvalue weighted by Crippen LogP contribution is -2.28. The lowest BCUT2D eigenvalue weighted by atomic mass is 10.2. The number of imidazole rings is 1. The quantitative estimate of drug-likeness (QED) is 0.687. The van der Waals surface area contributed by atoms with E-state index in [1.807, 2.05) is 25.1 Å². The number of carbonyl (C=O) groups excluding carboxylic acids is 1. The minimum absolute atomic E-state index is 0.261. The Labute approximate surface area is 132 Å². The third-order valence-electron chi connectivity index (χ3n) is 3.22. The van der Waals surface area contributed by atoms with Gasteiger partial charge in [-0.15, -0.1) is 0 Å². The predicted molar refractivity (Wildman–Crippen MR) is 88.1 cm³/mol. The number of rotatable bonds is 3. The van der Waals surface area contributed by atoms with E-state index in [9.17, 15) is 4.79 Å². The summed E-state index contributed by atoms with van der Waals surface area (Å²) in [5.74, 6) is 0.876. The van der Waals surface area contributed by atoms with Crippen LogP contribution in [-0.2, 0) is 6.54 Å². The van der Waals surface area contributed by atoms with Gasteiger partial charge in [0.2, 0.25) is 0 Å². The first kappa shape index (κ1) is 14.4. The van der Waals surface area contributed by atoms with Crippen molar-refractivity contribution < 1.29 is 4.79 Å². The molecule has 2 amide bonds. The summed E-state index contributed by atoms with van der Waals surface area (Å²) >= 11 is 5.80. The third kappa shape index (κ3) is 3.38. The lowest BCUT2D eigenvalue weighted by molar-refractivity contribution is 0.251. The molecule has 1 aromatic heterocycles. The van der Waals surface area contributed by atoms with Gasteiger partial charge in [-0.3, -0.25) is 0 Å². The van der Waals surface area contributed by atoms with Gasteiger partial charge in [0.15, 0.2) is 0 Å². The minimum Gasteiger partial charge on any atom is -0.342 e. The zero-order valence-corrected chi connectivity index (χ0v) is 12.7. The van der Waals surface area contributed by atoms with Crippen LogP contribution in [0.15, 0.2) is 42.5 Å². The summed E-state index contributed by atoms with van der Waals surface area (Å²) in [6.07, 6.45) is 0. The summed E-state index contributed by atoms with van der Waals surface area (Å²) in [5, 5.41) is 6.20. The molecule has 0 spiro atoms. The van der Waals surface area contributed by atoms with E-state index in [-0.39, 0.29) is 6.03 Å². The largest absolute Gasteiger partial charge is 0.342 e. The molecule has 112 valence electrons. The van der Waals surface area contributed by atoms with E-state index >= 15 is 0 Å². The zero-order valence-electron chi connectivity index (χ0n) is 12.0. The van der Waals surface area contributed by atoms with Crippen LogP contribution in [0, 0.1) is 6.92 Å². The normalized spacial score (nSPS) is 10.6. The van der Waals surface area contributed by atoms with Gasteiger partial charge in [-0.2, -0.15) is 0 Å². The Hall–Kier alpha value is -2.53. The molecule has 0 atom stereocenters. The maximum Gasteiger partial charge on any atom is 0.319 e. The third-order valence-corrected chi connectivity index (χ3v) is 3.47. The highest BCUT2D eigenvalue weighted by molar-refractivity contribution is 6.30. The summed E-state index contributed by atoms with van der Waals surface area (Å²) < 4.78 is 0. The lowest BCUT2D eigenvalue weighted by Gasteiger charge is -2.08. The molecule has 22 heavy (non-hydrogen) atoms. The number of nitrogens with zero attached hydrogens (tertiary/aromatic N) is 1. The highest BCUT2D eigenvalue weighted by Crippen LogP contribution is 2.14. The average molecular weight is 315 g/mol. The number of aryl methyl sites for hydroxylation is 1. The van der Waals surface area contributed by atoms with E-state index < -0.39 is 0 Å². The smallest absolute Gasteiger partial charge is 0.319 e. The van der Waals surface area contributed by atoms with Crippen molar-refractivity contribution in [2.75, 3.05) is 5.32 Å². The van der Waals surface area contributed by atoms with Gasteiger partial charge in [0, 0.05) is 17.3 Å². The predicted octanol–water partition coefficient (Wildman–Crippen LogP) is 3.85. The maximum atomic E-state index is 11.9. The number of benzene rings is 2. The molecule has 5 nitrogen and oxygen atoms in total. The molecule has 1 heterocycles. The highest BCUT2D eigenvalue weighted by Gasteiger charge is 2.04. The number of amides is 2. The van der Waals surface area contributed by atoms with Crippen LogP contribution in [0.4, 0.5) is 10.5 Å². The Morgan fingerprint density at radius 2 is 2.00 bits per heavy atom. The first-order chi connectivity index (χ1) is 10.6. The number of carbonyl (C=O) groups is 1. The molecule has 3 N–H and O–H groups in total. The number of nitrogens with one attached hydrogen (secondary N) is 3. The number of anilines is 1. The number of H-pyrrole nitrogens is 1. The van der Waals surface area contributed by atoms with Crippen molar-refractivity contribution in [2.45, 2.75) is 13.5 Å². The van der Waals surface area contributed by atoms with E-state index in [1.165, 1.54) is 0 Å². The van der Waals surface area contributed by atoms with Crippen LogP contribution in [0.25, 0.3) is 11.0 Å². The second-order valence-corrected chi connectivity index (χ2v) is 5.42.